The Kier molecular flexibility index (Phi) is 3.87. The molecule has 7 nitrogen and oxygen atoms in total. The van der Waals surface area contributed by atoms with Gasteiger partial charge in [-0.3, -0.25) is 9.59 Å². The van der Waals surface area contributed by atoms with Crippen molar-refractivity contribution >= 4 is 28.7 Å². The van der Waals surface area contributed by atoms with Crippen LogP contribution in [0.4, 0.5) is 10.1 Å². The highest BCUT2D eigenvalue weighted by Gasteiger charge is 2.25. The minimum atomic E-state index is -0.656. The first kappa shape index (κ1) is 16.2. The highest BCUT2D eigenvalue weighted by atomic mass is 19.1. The van der Waals surface area contributed by atoms with Crippen LogP contribution in [0.5, 0.6) is 0 Å². The standard InChI is InChI=1S/C18H16FN5O2/c1-20-18(26)13-7-11(2-5-14(13)19)23-17(25)10-6-15-16(21-8-10)24(9-22-15)12-3-4-12/h2,5-9,12H,3-4H2,1H3,(H,20,26)(H,23,25). The van der Waals surface area contributed by atoms with Gasteiger partial charge in [0, 0.05) is 25.0 Å². The van der Waals surface area contributed by atoms with Gasteiger partial charge in [-0.25, -0.2) is 14.4 Å². The minimum Gasteiger partial charge on any atom is -0.355 e. The molecule has 0 radical (unpaired) electrons. The molecule has 1 aliphatic carbocycles. The zero-order chi connectivity index (χ0) is 18.3. The van der Waals surface area contributed by atoms with Crippen LogP contribution in [0, 0.1) is 5.82 Å². The molecule has 1 aromatic carbocycles. The lowest BCUT2D eigenvalue weighted by molar-refractivity contribution is 0.0957. The van der Waals surface area contributed by atoms with Crippen molar-refractivity contribution in [3.8, 4) is 0 Å². The molecule has 0 unspecified atom stereocenters. The van der Waals surface area contributed by atoms with E-state index in [1.807, 2.05) is 4.57 Å². The van der Waals surface area contributed by atoms with Gasteiger partial charge in [-0.1, -0.05) is 0 Å². The van der Waals surface area contributed by atoms with E-state index in [-0.39, 0.29) is 5.56 Å². The van der Waals surface area contributed by atoms with Crippen LogP contribution in [0.3, 0.4) is 0 Å². The smallest absolute Gasteiger partial charge is 0.257 e. The van der Waals surface area contributed by atoms with E-state index in [4.69, 9.17) is 0 Å². The maximum Gasteiger partial charge on any atom is 0.257 e. The monoisotopic (exact) mass is 353 g/mol. The van der Waals surface area contributed by atoms with Crippen LogP contribution in [0.25, 0.3) is 11.2 Å². The molecule has 0 aliphatic heterocycles. The molecular formula is C18H16FN5O2. The number of halogens is 1. The summed E-state index contributed by atoms with van der Waals surface area (Å²) >= 11 is 0. The lowest BCUT2D eigenvalue weighted by atomic mass is 10.1. The predicted octanol–water partition coefficient (Wildman–Crippen LogP) is 2.52. The Morgan fingerprint density at radius 3 is 2.73 bits per heavy atom. The SMILES string of the molecule is CNC(=O)c1cc(NC(=O)c2cnc3c(c2)ncn3C2CC2)ccc1F. The van der Waals surface area contributed by atoms with E-state index in [9.17, 15) is 14.0 Å². The van der Waals surface area contributed by atoms with E-state index in [0.717, 1.165) is 24.6 Å². The van der Waals surface area contributed by atoms with Crippen LogP contribution in [0.15, 0.2) is 36.8 Å². The maximum atomic E-state index is 13.7. The number of fused-ring (bicyclic) bond motifs is 1. The summed E-state index contributed by atoms with van der Waals surface area (Å²) in [6, 6.07) is 5.95. The number of imidazole rings is 1. The number of amides is 2. The van der Waals surface area contributed by atoms with Gasteiger partial charge >= 0.3 is 0 Å². The van der Waals surface area contributed by atoms with Crippen molar-refractivity contribution in [2.45, 2.75) is 18.9 Å². The van der Waals surface area contributed by atoms with Crippen LogP contribution in [-0.4, -0.2) is 33.4 Å². The minimum absolute atomic E-state index is 0.137. The molecule has 1 aliphatic rings. The molecule has 26 heavy (non-hydrogen) atoms. The lowest BCUT2D eigenvalue weighted by Gasteiger charge is -2.08. The number of rotatable bonds is 4. The molecule has 2 amide bonds. The third kappa shape index (κ3) is 2.90. The molecule has 0 atom stereocenters. The molecule has 0 bridgehead atoms. The van der Waals surface area contributed by atoms with Crippen molar-refractivity contribution in [2.75, 3.05) is 12.4 Å². The van der Waals surface area contributed by atoms with E-state index < -0.39 is 17.6 Å². The Morgan fingerprint density at radius 1 is 1.19 bits per heavy atom. The van der Waals surface area contributed by atoms with Crippen LogP contribution in [-0.2, 0) is 0 Å². The topological polar surface area (TPSA) is 88.9 Å². The molecule has 2 N–H and O–H groups in total. The van der Waals surface area contributed by atoms with Gasteiger partial charge in [-0.05, 0) is 37.1 Å². The first-order valence-corrected chi connectivity index (χ1v) is 8.22. The quantitative estimate of drug-likeness (QED) is 0.754. The van der Waals surface area contributed by atoms with Crippen LogP contribution >= 0.6 is 0 Å². The van der Waals surface area contributed by atoms with Crippen molar-refractivity contribution in [3.05, 3.63) is 53.7 Å². The summed E-state index contributed by atoms with van der Waals surface area (Å²) in [5.41, 5.74) is 1.92. The largest absolute Gasteiger partial charge is 0.355 e. The number of pyridine rings is 1. The molecule has 1 fully saturated rings. The molecular weight excluding hydrogens is 337 g/mol. The average molecular weight is 353 g/mol. The number of nitrogens with zero attached hydrogens (tertiary/aromatic N) is 3. The maximum absolute atomic E-state index is 13.7. The Labute approximate surface area is 148 Å². The van der Waals surface area contributed by atoms with Crippen molar-refractivity contribution in [2.24, 2.45) is 0 Å². The second-order valence-electron chi connectivity index (χ2n) is 6.18. The first-order valence-electron chi connectivity index (χ1n) is 8.22. The molecule has 1 saturated carbocycles. The number of nitrogens with one attached hydrogen (secondary N) is 2. The summed E-state index contributed by atoms with van der Waals surface area (Å²) in [5, 5.41) is 5.01. The number of benzene rings is 1. The first-order chi connectivity index (χ1) is 12.6. The van der Waals surface area contributed by atoms with Crippen LogP contribution in [0.1, 0.15) is 39.6 Å². The van der Waals surface area contributed by atoms with Crippen molar-refractivity contribution in [3.63, 3.8) is 0 Å². The fourth-order valence-electron chi connectivity index (χ4n) is 2.78. The molecule has 2 aromatic heterocycles. The van der Waals surface area contributed by atoms with Crippen molar-refractivity contribution in [1.29, 1.82) is 0 Å². The molecule has 0 spiro atoms. The van der Waals surface area contributed by atoms with E-state index >= 15 is 0 Å². The van der Waals surface area contributed by atoms with Gasteiger partial charge in [0.15, 0.2) is 5.65 Å². The Morgan fingerprint density at radius 2 is 2.00 bits per heavy atom. The van der Waals surface area contributed by atoms with E-state index in [1.54, 1.807) is 12.4 Å². The van der Waals surface area contributed by atoms with Gasteiger partial charge in [-0.15, -0.1) is 0 Å². The van der Waals surface area contributed by atoms with E-state index in [0.29, 0.717) is 22.8 Å². The highest BCUT2D eigenvalue weighted by Crippen LogP contribution is 2.36. The Hall–Kier alpha value is -3.29. The van der Waals surface area contributed by atoms with Gasteiger partial charge in [0.25, 0.3) is 11.8 Å². The van der Waals surface area contributed by atoms with Crippen LogP contribution in [0.2, 0.25) is 0 Å². The highest BCUT2D eigenvalue weighted by molar-refractivity contribution is 6.06. The van der Waals surface area contributed by atoms with Crippen LogP contribution < -0.4 is 10.6 Å². The molecule has 3 aromatic rings. The van der Waals surface area contributed by atoms with Gasteiger partial charge in [0.2, 0.25) is 0 Å². The molecule has 4 rings (SSSR count). The average Bonchev–Trinajstić information content (AvgIpc) is 3.41. The zero-order valence-corrected chi connectivity index (χ0v) is 14.0. The van der Waals surface area contributed by atoms with Gasteiger partial charge in [-0.2, -0.15) is 0 Å². The van der Waals surface area contributed by atoms with E-state index in [1.165, 1.54) is 25.4 Å². The Bertz CT molecular complexity index is 1030. The summed E-state index contributed by atoms with van der Waals surface area (Å²) in [7, 11) is 1.41. The number of aromatic nitrogens is 3. The molecule has 8 heteroatoms. The number of anilines is 1. The Balaban J connectivity index is 1.58. The number of hydrogen-bond donors (Lipinski definition) is 2. The molecule has 132 valence electrons. The second kappa shape index (κ2) is 6.21. The zero-order valence-electron chi connectivity index (χ0n) is 14.0. The van der Waals surface area contributed by atoms with Crippen molar-refractivity contribution < 1.29 is 14.0 Å². The number of carbonyl (C=O) groups excluding carboxylic acids is 2. The normalized spacial score (nSPS) is 13.6. The lowest BCUT2D eigenvalue weighted by Crippen LogP contribution is -2.20. The fraction of sp³-hybridized carbons (Fsp3) is 0.222. The summed E-state index contributed by atoms with van der Waals surface area (Å²) in [4.78, 5) is 32.8. The third-order valence-corrected chi connectivity index (χ3v) is 4.31. The third-order valence-electron chi connectivity index (χ3n) is 4.31. The summed E-state index contributed by atoms with van der Waals surface area (Å²) < 4.78 is 15.7. The second-order valence-corrected chi connectivity index (χ2v) is 6.18. The molecule has 0 saturated heterocycles. The van der Waals surface area contributed by atoms with Crippen molar-refractivity contribution in [1.82, 2.24) is 19.9 Å². The summed E-state index contributed by atoms with van der Waals surface area (Å²) in [5.74, 6) is -1.63. The summed E-state index contributed by atoms with van der Waals surface area (Å²) in [6.07, 6.45) is 5.47. The number of carbonyl (C=O) groups is 2. The van der Waals surface area contributed by atoms with Gasteiger partial charge in [0.05, 0.1) is 17.5 Å². The number of hydrogen-bond acceptors (Lipinski definition) is 4. The summed E-state index contributed by atoms with van der Waals surface area (Å²) in [6.45, 7) is 0. The van der Waals surface area contributed by atoms with Gasteiger partial charge < -0.3 is 15.2 Å². The predicted molar refractivity (Wildman–Crippen MR) is 93.5 cm³/mol. The van der Waals surface area contributed by atoms with E-state index in [2.05, 4.69) is 20.6 Å². The molecule has 2 heterocycles. The van der Waals surface area contributed by atoms with Gasteiger partial charge in [0.1, 0.15) is 11.3 Å². The fourth-order valence-corrected chi connectivity index (χ4v) is 2.78.